The van der Waals surface area contributed by atoms with Crippen LogP contribution in [0.1, 0.15) is 33.6 Å². The van der Waals surface area contributed by atoms with Crippen molar-refractivity contribution in [3.8, 4) is 22.6 Å². The van der Waals surface area contributed by atoms with Crippen LogP contribution >= 0.6 is 0 Å². The minimum Gasteiger partial charge on any atom is -0.493 e. The van der Waals surface area contributed by atoms with Gasteiger partial charge in [-0.05, 0) is 12.5 Å². The highest BCUT2D eigenvalue weighted by atomic mass is 16.7. The number of carboxylic acid groups (broad SMARTS) is 2. The summed E-state index contributed by atoms with van der Waals surface area (Å²) in [7, 11) is 1.38. The summed E-state index contributed by atoms with van der Waals surface area (Å²) in [4.78, 5) is 38.1. The van der Waals surface area contributed by atoms with Gasteiger partial charge in [0.2, 0.25) is 0 Å². The fourth-order valence-corrected chi connectivity index (χ4v) is 3.30. The van der Waals surface area contributed by atoms with Crippen molar-refractivity contribution in [1.29, 1.82) is 0 Å². The van der Waals surface area contributed by atoms with E-state index in [1.807, 2.05) is 0 Å². The Kier molecular flexibility index (Phi) is 6.78. The van der Waals surface area contributed by atoms with Gasteiger partial charge in [-0.1, -0.05) is 12.1 Å². The molecule has 0 unspecified atom stereocenters. The summed E-state index contributed by atoms with van der Waals surface area (Å²) in [5.41, 5.74) is 3.00. The lowest BCUT2D eigenvalue weighted by atomic mass is 9.94. The maximum absolute atomic E-state index is 12.3. The minimum atomic E-state index is -1.61. The lowest BCUT2D eigenvalue weighted by molar-refractivity contribution is -0.183. The van der Waals surface area contributed by atoms with Gasteiger partial charge in [-0.2, -0.15) is 0 Å². The number of aromatic amines is 1. The summed E-state index contributed by atoms with van der Waals surface area (Å²) in [5, 5.41) is 19.3. The molecule has 5 N–H and O–H groups in total. The molecule has 11 nitrogen and oxygen atoms in total. The zero-order valence-corrected chi connectivity index (χ0v) is 16.7. The normalized spacial score (nSPS) is 14.2. The van der Waals surface area contributed by atoms with Crippen molar-refractivity contribution in [2.45, 2.75) is 19.1 Å². The van der Waals surface area contributed by atoms with Crippen molar-refractivity contribution in [1.82, 2.24) is 4.98 Å². The van der Waals surface area contributed by atoms with Gasteiger partial charge >= 0.3 is 11.9 Å². The Hall–Kier alpha value is -3.57. The predicted octanol–water partition coefficient (Wildman–Crippen LogP) is 1.56. The molecule has 166 valence electrons. The van der Waals surface area contributed by atoms with E-state index >= 15 is 0 Å². The maximum atomic E-state index is 12.3. The van der Waals surface area contributed by atoms with E-state index in [-0.39, 0.29) is 29.2 Å². The van der Waals surface area contributed by atoms with E-state index < -0.39 is 40.7 Å². The van der Waals surface area contributed by atoms with E-state index in [4.69, 9.17) is 24.7 Å². The molecule has 3 rings (SSSR count). The number of rotatable bonds is 8. The van der Waals surface area contributed by atoms with Crippen molar-refractivity contribution in [3.05, 3.63) is 39.7 Å². The smallest absolute Gasteiger partial charge is 0.342 e. The van der Waals surface area contributed by atoms with Crippen LogP contribution in [0.25, 0.3) is 11.1 Å². The van der Waals surface area contributed by atoms with Crippen LogP contribution in [-0.2, 0) is 9.47 Å². The van der Waals surface area contributed by atoms with Gasteiger partial charge in [0.15, 0.2) is 17.8 Å². The number of carboxylic acids is 2. The Bertz CT molecular complexity index is 1040. The molecule has 1 aromatic carbocycles. The molecule has 31 heavy (non-hydrogen) atoms. The molecule has 2 aromatic rings. The van der Waals surface area contributed by atoms with Crippen LogP contribution in [0.2, 0.25) is 0 Å². The van der Waals surface area contributed by atoms with Gasteiger partial charge in [0.1, 0.15) is 16.9 Å². The Morgan fingerprint density at radius 3 is 2.48 bits per heavy atom. The van der Waals surface area contributed by atoms with Gasteiger partial charge in [-0.25, -0.2) is 9.59 Å². The number of hydrogen-bond donors (Lipinski definition) is 4. The van der Waals surface area contributed by atoms with Gasteiger partial charge in [0, 0.05) is 17.5 Å². The van der Waals surface area contributed by atoms with Gasteiger partial charge < -0.3 is 39.9 Å². The topological polar surface area (TPSA) is 170 Å². The number of anilines is 1. The molecule has 0 spiro atoms. The number of nitrogen functional groups attached to an aromatic ring is 1. The lowest BCUT2D eigenvalue weighted by Crippen LogP contribution is -2.26. The van der Waals surface area contributed by atoms with Crippen molar-refractivity contribution < 1.29 is 38.7 Å². The number of hydrogen-bond acceptors (Lipinski definition) is 8. The Labute approximate surface area is 176 Å². The van der Waals surface area contributed by atoms with Crippen molar-refractivity contribution in [2.24, 2.45) is 0 Å². The van der Waals surface area contributed by atoms with Gasteiger partial charge in [-0.15, -0.1) is 0 Å². The molecule has 1 saturated heterocycles. The highest BCUT2D eigenvalue weighted by molar-refractivity contribution is 6.08. The van der Waals surface area contributed by atoms with Crippen molar-refractivity contribution in [3.63, 3.8) is 0 Å². The Morgan fingerprint density at radius 1 is 1.19 bits per heavy atom. The number of aromatic carboxylic acids is 2. The summed E-state index contributed by atoms with van der Waals surface area (Å²) in [5.74, 6) is -3.32. The van der Waals surface area contributed by atoms with E-state index in [9.17, 15) is 24.6 Å². The number of nitrogens with one attached hydrogen (secondary N) is 1. The first-order valence-corrected chi connectivity index (χ1v) is 9.40. The van der Waals surface area contributed by atoms with Crippen LogP contribution in [-0.4, -0.2) is 60.4 Å². The molecule has 2 heterocycles. The monoisotopic (exact) mass is 434 g/mol. The molecule has 0 atom stereocenters. The first-order valence-electron chi connectivity index (χ1n) is 9.40. The van der Waals surface area contributed by atoms with E-state index in [1.165, 1.54) is 19.2 Å². The third-order valence-electron chi connectivity index (χ3n) is 4.64. The molecule has 0 saturated carbocycles. The van der Waals surface area contributed by atoms with Gasteiger partial charge in [0.25, 0.3) is 5.56 Å². The molecule has 0 radical (unpaired) electrons. The van der Waals surface area contributed by atoms with E-state index in [1.54, 1.807) is 6.07 Å². The number of para-hydroxylation sites is 1. The van der Waals surface area contributed by atoms with Crippen LogP contribution in [0.5, 0.6) is 11.5 Å². The van der Waals surface area contributed by atoms with E-state index in [0.717, 1.165) is 6.42 Å². The molecule has 1 aromatic heterocycles. The summed E-state index contributed by atoms with van der Waals surface area (Å²) in [6, 6.07) is 4.51. The summed E-state index contributed by atoms with van der Waals surface area (Å²) in [6.07, 6.45) is 0.715. The van der Waals surface area contributed by atoms with E-state index in [2.05, 4.69) is 4.98 Å². The average molecular weight is 434 g/mol. The first kappa shape index (κ1) is 22.1. The molecule has 0 aliphatic carbocycles. The second kappa shape index (κ2) is 9.49. The standard InChI is InChI=1S/C20H22N2O9/c1-28-11-5-2-4-10(16(11)31-9-6-12-29-7-3-8-30-12)13-14(19(24)25)17(21)22-18(23)15(13)20(26)27/h2,4-5,12H,3,6-9H2,1H3,(H,24,25)(H,26,27)(H3,21,22,23). The SMILES string of the molecule is COc1cccc(-c2c(C(=O)O)c(N)[nH]c(=O)c2C(=O)O)c1OCCC1OCCCO1. The molecule has 1 fully saturated rings. The number of H-pyrrole nitrogens is 1. The van der Waals surface area contributed by atoms with Crippen LogP contribution in [0.3, 0.4) is 0 Å². The zero-order chi connectivity index (χ0) is 22.5. The Morgan fingerprint density at radius 2 is 1.87 bits per heavy atom. The lowest BCUT2D eigenvalue weighted by Gasteiger charge is -2.24. The molecular formula is C20H22N2O9. The summed E-state index contributed by atoms with van der Waals surface area (Å²) >= 11 is 0. The third kappa shape index (κ3) is 4.62. The highest BCUT2D eigenvalue weighted by Gasteiger charge is 2.29. The first-order chi connectivity index (χ1) is 14.8. The number of nitrogens with two attached hydrogens (primary N) is 1. The molecular weight excluding hydrogens is 412 g/mol. The molecule has 0 amide bonds. The fraction of sp³-hybridized carbons (Fsp3) is 0.350. The van der Waals surface area contributed by atoms with E-state index in [0.29, 0.717) is 19.6 Å². The van der Waals surface area contributed by atoms with Crippen LogP contribution < -0.4 is 20.8 Å². The zero-order valence-electron chi connectivity index (χ0n) is 16.7. The molecule has 0 bridgehead atoms. The number of methoxy groups -OCH3 is 1. The minimum absolute atomic E-state index is 0.0393. The number of aromatic nitrogens is 1. The third-order valence-corrected chi connectivity index (χ3v) is 4.64. The number of pyridine rings is 1. The molecule has 11 heteroatoms. The van der Waals surface area contributed by atoms with Crippen LogP contribution in [0.4, 0.5) is 5.82 Å². The number of ether oxygens (including phenoxy) is 4. The molecule has 1 aliphatic rings. The van der Waals surface area contributed by atoms with Crippen molar-refractivity contribution >= 4 is 17.8 Å². The average Bonchev–Trinajstić information content (AvgIpc) is 2.73. The van der Waals surface area contributed by atoms with Crippen LogP contribution in [0, 0.1) is 0 Å². The largest absolute Gasteiger partial charge is 0.493 e. The van der Waals surface area contributed by atoms with Gasteiger partial charge in [-0.3, -0.25) is 4.79 Å². The van der Waals surface area contributed by atoms with Gasteiger partial charge in [0.05, 0.1) is 26.9 Å². The molecule has 1 aliphatic heterocycles. The Balaban J connectivity index is 2.11. The second-order valence-corrected chi connectivity index (χ2v) is 6.60. The van der Waals surface area contributed by atoms with Crippen molar-refractivity contribution in [2.75, 3.05) is 32.7 Å². The summed E-state index contributed by atoms with van der Waals surface area (Å²) in [6.45, 7) is 1.24. The summed E-state index contributed by atoms with van der Waals surface area (Å²) < 4.78 is 22.1. The highest BCUT2D eigenvalue weighted by Crippen LogP contribution is 2.41. The number of benzene rings is 1. The quantitative estimate of drug-likeness (QED) is 0.478. The number of carbonyl (C=O) groups is 2. The fourth-order valence-electron chi connectivity index (χ4n) is 3.30. The maximum Gasteiger partial charge on any atom is 0.342 e. The van der Waals surface area contributed by atoms with Crippen LogP contribution in [0.15, 0.2) is 23.0 Å². The second-order valence-electron chi connectivity index (χ2n) is 6.60. The predicted molar refractivity (Wildman–Crippen MR) is 108 cm³/mol.